The molecule has 148 valence electrons. The van der Waals surface area contributed by atoms with Gasteiger partial charge in [-0.1, -0.05) is 12.1 Å². The number of benzene rings is 1. The molecule has 1 atom stereocenters. The zero-order valence-corrected chi connectivity index (χ0v) is 13.7. The highest BCUT2D eigenvalue weighted by molar-refractivity contribution is 5.31. The molecule has 1 heterocycles. The van der Waals surface area contributed by atoms with E-state index in [0.717, 1.165) is 12.1 Å². The number of nitrogens with one attached hydrogen (secondary N) is 1. The minimum atomic E-state index is -4.67. The van der Waals surface area contributed by atoms with Gasteiger partial charge in [0.2, 0.25) is 0 Å². The zero-order valence-electron chi connectivity index (χ0n) is 13.7. The van der Waals surface area contributed by atoms with E-state index in [-0.39, 0.29) is 6.42 Å². The molecule has 0 amide bonds. The molecular formula is C16H19F7N2O. The molecule has 0 radical (unpaired) electrons. The summed E-state index contributed by atoms with van der Waals surface area (Å²) in [5.41, 5.74) is 0.318. The van der Waals surface area contributed by atoms with E-state index in [1.165, 1.54) is 12.1 Å². The summed E-state index contributed by atoms with van der Waals surface area (Å²) in [6.07, 6.45) is -14.4. The minimum absolute atomic E-state index is 0.266. The van der Waals surface area contributed by atoms with Gasteiger partial charge in [-0.2, -0.15) is 30.7 Å². The lowest BCUT2D eigenvalue weighted by Crippen LogP contribution is -2.45. The van der Waals surface area contributed by atoms with E-state index in [1.54, 1.807) is 0 Å². The van der Waals surface area contributed by atoms with Crippen LogP contribution in [0, 0.1) is 0 Å². The fraction of sp³-hybridized carbons (Fsp3) is 0.625. The lowest BCUT2D eigenvalue weighted by atomic mass is 9.99. The molecule has 26 heavy (non-hydrogen) atoms. The van der Waals surface area contributed by atoms with Crippen LogP contribution in [-0.2, 0) is 0 Å². The Labute approximate surface area is 146 Å². The van der Waals surface area contributed by atoms with Gasteiger partial charge in [0.1, 0.15) is 5.75 Å². The second kappa shape index (κ2) is 8.43. The Morgan fingerprint density at radius 1 is 1.08 bits per heavy atom. The summed E-state index contributed by atoms with van der Waals surface area (Å²) in [5, 5.41) is 3.08. The molecule has 0 bridgehead atoms. The number of piperazine rings is 1. The molecular weight excluding hydrogens is 369 g/mol. The van der Waals surface area contributed by atoms with Crippen LogP contribution in [0.1, 0.15) is 24.4 Å². The molecule has 0 aliphatic carbocycles. The fourth-order valence-electron chi connectivity index (χ4n) is 2.84. The van der Waals surface area contributed by atoms with Gasteiger partial charge in [-0.15, -0.1) is 0 Å². The van der Waals surface area contributed by atoms with Crippen molar-refractivity contribution in [1.29, 1.82) is 0 Å². The van der Waals surface area contributed by atoms with E-state index in [9.17, 15) is 30.7 Å². The van der Waals surface area contributed by atoms with Crippen molar-refractivity contribution < 1.29 is 35.5 Å². The lowest BCUT2D eigenvalue weighted by Gasteiger charge is -2.35. The molecule has 2 rings (SSSR count). The maximum atomic E-state index is 13.1. The van der Waals surface area contributed by atoms with Crippen LogP contribution >= 0.6 is 0 Å². The molecule has 1 aromatic carbocycles. The molecule has 1 aliphatic heterocycles. The molecule has 0 saturated carbocycles. The van der Waals surface area contributed by atoms with Crippen LogP contribution < -0.4 is 10.1 Å². The number of nitrogens with zero attached hydrogens (tertiary/aromatic N) is 1. The lowest BCUT2D eigenvalue weighted by molar-refractivity contribution is -0.253. The molecule has 0 spiro atoms. The Bertz CT molecular complexity index is 574. The summed E-state index contributed by atoms with van der Waals surface area (Å²) in [6.45, 7) is 2.14. The molecule has 3 nitrogen and oxygen atoms in total. The van der Waals surface area contributed by atoms with Gasteiger partial charge in [0.25, 0.3) is 0 Å². The van der Waals surface area contributed by atoms with Gasteiger partial charge in [-0.25, -0.2) is 0 Å². The third-order valence-electron chi connectivity index (χ3n) is 4.04. The van der Waals surface area contributed by atoms with Crippen molar-refractivity contribution >= 4 is 0 Å². The maximum Gasteiger partial charge on any atom is 0.461 e. The monoisotopic (exact) mass is 388 g/mol. The Hall–Kier alpha value is -1.55. The SMILES string of the molecule is FC(F)C(F)(F)Oc1cccc([C@@H](CCC(F)(F)F)N2CCNCC2)c1. The fourth-order valence-corrected chi connectivity index (χ4v) is 2.84. The summed E-state index contributed by atoms with van der Waals surface area (Å²) in [4.78, 5) is 1.81. The summed E-state index contributed by atoms with van der Waals surface area (Å²) in [6, 6.07) is 4.27. The van der Waals surface area contributed by atoms with Crippen LogP contribution in [0.3, 0.4) is 0 Å². The van der Waals surface area contributed by atoms with Crippen molar-refractivity contribution in [1.82, 2.24) is 10.2 Å². The Balaban J connectivity index is 2.21. The molecule has 0 unspecified atom stereocenters. The standard InChI is InChI=1S/C16H19F7N2O/c17-14(18)16(22,23)26-12-3-1-2-11(10-12)13(4-5-15(19,20)21)25-8-6-24-7-9-25/h1-3,10,13-14,24H,4-9H2/t13-/m1/s1. The average molecular weight is 388 g/mol. The third-order valence-corrected chi connectivity index (χ3v) is 4.04. The van der Waals surface area contributed by atoms with Crippen LogP contribution in [-0.4, -0.2) is 49.8 Å². The molecule has 1 aromatic rings. The normalized spacial score (nSPS) is 18.2. The van der Waals surface area contributed by atoms with Crippen molar-refractivity contribution in [3.05, 3.63) is 29.8 Å². The van der Waals surface area contributed by atoms with E-state index < -0.39 is 36.9 Å². The highest BCUT2D eigenvalue weighted by atomic mass is 19.4. The Morgan fingerprint density at radius 3 is 2.31 bits per heavy atom. The first kappa shape index (κ1) is 20.8. The van der Waals surface area contributed by atoms with Crippen molar-refractivity contribution in [2.24, 2.45) is 0 Å². The van der Waals surface area contributed by atoms with E-state index in [4.69, 9.17) is 0 Å². The van der Waals surface area contributed by atoms with Crippen molar-refractivity contribution in [3.63, 3.8) is 0 Å². The van der Waals surface area contributed by atoms with Crippen molar-refractivity contribution in [3.8, 4) is 5.75 Å². The Morgan fingerprint density at radius 2 is 1.73 bits per heavy atom. The summed E-state index contributed by atoms with van der Waals surface area (Å²) in [5.74, 6) is -0.514. The molecule has 1 fully saturated rings. The van der Waals surface area contributed by atoms with Crippen LogP contribution in [0.4, 0.5) is 30.7 Å². The van der Waals surface area contributed by atoms with Crippen molar-refractivity contribution in [2.75, 3.05) is 26.2 Å². The summed E-state index contributed by atoms with van der Waals surface area (Å²) >= 11 is 0. The third kappa shape index (κ3) is 6.01. The number of ether oxygens (including phenoxy) is 1. The second-order valence-corrected chi connectivity index (χ2v) is 5.99. The highest BCUT2D eigenvalue weighted by Crippen LogP contribution is 2.34. The zero-order chi connectivity index (χ0) is 19.4. The predicted molar refractivity (Wildman–Crippen MR) is 80.5 cm³/mol. The van der Waals surface area contributed by atoms with Gasteiger partial charge in [0, 0.05) is 38.6 Å². The molecule has 1 saturated heterocycles. The summed E-state index contributed by atoms with van der Waals surface area (Å²) in [7, 11) is 0. The number of hydrogen-bond acceptors (Lipinski definition) is 3. The first-order valence-electron chi connectivity index (χ1n) is 8.05. The van der Waals surface area contributed by atoms with Crippen molar-refractivity contribution in [2.45, 2.75) is 37.6 Å². The molecule has 10 heteroatoms. The summed E-state index contributed by atoms with van der Waals surface area (Å²) < 4.78 is 92.7. The predicted octanol–water partition coefficient (Wildman–Crippen LogP) is 4.21. The number of alkyl halides is 7. The van der Waals surface area contributed by atoms with Crippen LogP contribution in [0.25, 0.3) is 0 Å². The van der Waals surface area contributed by atoms with E-state index in [0.29, 0.717) is 31.7 Å². The van der Waals surface area contributed by atoms with E-state index in [1.807, 2.05) is 4.90 Å². The quantitative estimate of drug-likeness (QED) is 0.709. The largest absolute Gasteiger partial charge is 0.461 e. The van der Waals surface area contributed by atoms with Gasteiger partial charge in [0.15, 0.2) is 0 Å². The molecule has 0 aromatic heterocycles. The van der Waals surface area contributed by atoms with Gasteiger partial charge >= 0.3 is 18.7 Å². The van der Waals surface area contributed by atoms with Crippen LogP contribution in [0.5, 0.6) is 5.75 Å². The van der Waals surface area contributed by atoms with Gasteiger partial charge in [0.05, 0.1) is 0 Å². The number of halogens is 7. The first-order chi connectivity index (χ1) is 12.1. The number of hydrogen-bond donors (Lipinski definition) is 1. The topological polar surface area (TPSA) is 24.5 Å². The van der Waals surface area contributed by atoms with E-state index in [2.05, 4.69) is 10.1 Å². The van der Waals surface area contributed by atoms with Crippen LogP contribution in [0.15, 0.2) is 24.3 Å². The number of rotatable bonds is 7. The Kier molecular flexibility index (Phi) is 6.73. The second-order valence-electron chi connectivity index (χ2n) is 5.99. The van der Waals surface area contributed by atoms with Gasteiger partial charge < -0.3 is 10.1 Å². The average Bonchev–Trinajstić information content (AvgIpc) is 2.55. The smallest absolute Gasteiger partial charge is 0.428 e. The molecule has 1 N–H and O–H groups in total. The van der Waals surface area contributed by atoms with Gasteiger partial charge in [-0.05, 0) is 24.1 Å². The van der Waals surface area contributed by atoms with Gasteiger partial charge in [-0.3, -0.25) is 4.90 Å². The highest BCUT2D eigenvalue weighted by Gasteiger charge is 2.44. The first-order valence-corrected chi connectivity index (χ1v) is 8.05. The van der Waals surface area contributed by atoms with E-state index >= 15 is 0 Å². The van der Waals surface area contributed by atoms with Crippen LogP contribution in [0.2, 0.25) is 0 Å². The maximum absolute atomic E-state index is 13.1. The molecule has 1 aliphatic rings. The minimum Gasteiger partial charge on any atom is -0.428 e.